The molecule has 2 N–H and O–H groups in total. The molecule has 112 valence electrons. The number of benzene rings is 1. The molecule has 2 aromatic heterocycles. The molecule has 6 nitrogen and oxygen atoms in total. The first-order chi connectivity index (χ1) is 10.7. The molecule has 7 heteroatoms. The lowest BCUT2D eigenvalue weighted by Gasteiger charge is -2.08. The zero-order chi connectivity index (χ0) is 15.5. The number of nitrogens with one attached hydrogen (secondary N) is 2. The second-order valence-corrected chi connectivity index (χ2v) is 5.49. The molecule has 0 saturated carbocycles. The fourth-order valence-electron chi connectivity index (χ4n) is 2.19. The van der Waals surface area contributed by atoms with E-state index < -0.39 is 0 Å². The SMILES string of the molecule is CC(C)Oc1ccc(-c2n[nH]c3ccc(NP=O)cc23)cn1. The Bertz CT molecular complexity index is 799. The van der Waals surface area contributed by atoms with Crippen LogP contribution in [-0.2, 0) is 4.57 Å². The van der Waals surface area contributed by atoms with E-state index in [-0.39, 0.29) is 14.7 Å². The van der Waals surface area contributed by atoms with Crippen molar-refractivity contribution in [2.45, 2.75) is 20.0 Å². The third kappa shape index (κ3) is 2.92. The van der Waals surface area contributed by atoms with E-state index in [0.29, 0.717) is 5.88 Å². The Morgan fingerprint density at radius 3 is 2.82 bits per heavy atom. The van der Waals surface area contributed by atoms with Gasteiger partial charge in [-0.25, -0.2) is 9.55 Å². The first kappa shape index (κ1) is 14.5. The molecule has 0 aliphatic carbocycles. The van der Waals surface area contributed by atoms with Crippen molar-refractivity contribution in [1.82, 2.24) is 15.2 Å². The van der Waals surface area contributed by atoms with Crippen LogP contribution in [0.15, 0.2) is 36.5 Å². The minimum absolute atomic E-state index is 0.0875. The highest BCUT2D eigenvalue weighted by atomic mass is 31.1. The molecule has 1 aromatic carbocycles. The molecule has 0 fully saturated rings. The highest BCUT2D eigenvalue weighted by Gasteiger charge is 2.10. The average Bonchev–Trinajstić information content (AvgIpc) is 2.91. The number of anilines is 1. The van der Waals surface area contributed by atoms with Gasteiger partial charge in [0.05, 0.1) is 11.6 Å². The smallest absolute Gasteiger partial charge is 0.279 e. The Balaban J connectivity index is 1.98. The molecule has 0 aliphatic rings. The number of hydrogen-bond acceptors (Lipinski definition) is 4. The molecule has 0 amide bonds. The van der Waals surface area contributed by atoms with Crippen LogP contribution in [0.4, 0.5) is 5.69 Å². The summed E-state index contributed by atoms with van der Waals surface area (Å²) in [6.45, 7) is 3.92. The van der Waals surface area contributed by atoms with Gasteiger partial charge in [0.15, 0.2) is 0 Å². The van der Waals surface area contributed by atoms with E-state index in [2.05, 4.69) is 20.3 Å². The summed E-state index contributed by atoms with van der Waals surface area (Å²) in [6, 6.07) is 9.38. The number of H-pyrrole nitrogens is 1. The van der Waals surface area contributed by atoms with E-state index in [0.717, 1.165) is 27.8 Å². The van der Waals surface area contributed by atoms with E-state index >= 15 is 0 Å². The van der Waals surface area contributed by atoms with Crippen molar-refractivity contribution in [3.8, 4) is 17.1 Å². The highest BCUT2D eigenvalue weighted by Crippen LogP contribution is 2.29. The maximum absolute atomic E-state index is 10.7. The second kappa shape index (κ2) is 6.12. The number of nitrogens with zero attached hydrogens (tertiary/aromatic N) is 2. The number of rotatable bonds is 5. The van der Waals surface area contributed by atoms with E-state index in [1.165, 1.54) is 0 Å². The van der Waals surface area contributed by atoms with Crippen LogP contribution in [0.2, 0.25) is 0 Å². The summed E-state index contributed by atoms with van der Waals surface area (Å²) in [4.78, 5) is 4.30. The molecular weight excluding hydrogens is 299 g/mol. The molecule has 0 spiro atoms. The summed E-state index contributed by atoms with van der Waals surface area (Å²) >= 11 is 0. The Hall–Kier alpha value is -2.46. The summed E-state index contributed by atoms with van der Waals surface area (Å²) in [5.74, 6) is 0.589. The van der Waals surface area contributed by atoms with Gasteiger partial charge in [0.2, 0.25) is 5.88 Å². The fraction of sp³-hybridized carbons (Fsp3) is 0.200. The largest absolute Gasteiger partial charge is 0.475 e. The predicted molar refractivity (Wildman–Crippen MR) is 86.3 cm³/mol. The van der Waals surface area contributed by atoms with E-state index in [1.54, 1.807) is 6.20 Å². The number of fused-ring (bicyclic) bond motifs is 1. The molecule has 0 radical (unpaired) electrons. The zero-order valence-corrected chi connectivity index (χ0v) is 13.1. The van der Waals surface area contributed by atoms with Gasteiger partial charge in [0, 0.05) is 28.9 Å². The summed E-state index contributed by atoms with van der Waals surface area (Å²) in [5, 5.41) is 11.0. The number of pyridine rings is 1. The minimum atomic E-state index is -0.135. The fourth-order valence-corrected chi connectivity index (χ4v) is 2.43. The predicted octanol–water partition coefficient (Wildman–Crippen LogP) is 4.03. The third-order valence-electron chi connectivity index (χ3n) is 3.10. The first-order valence-corrected chi connectivity index (χ1v) is 7.68. The number of ether oxygens (including phenoxy) is 1. The van der Waals surface area contributed by atoms with Gasteiger partial charge in [0.1, 0.15) is 5.69 Å². The van der Waals surface area contributed by atoms with Crippen LogP contribution in [0.5, 0.6) is 5.88 Å². The quantitative estimate of drug-likeness (QED) is 0.695. The van der Waals surface area contributed by atoms with Crippen LogP contribution >= 0.6 is 8.61 Å². The van der Waals surface area contributed by atoms with Crippen LogP contribution in [0.3, 0.4) is 0 Å². The molecule has 0 aliphatic heterocycles. The maximum atomic E-state index is 10.7. The minimum Gasteiger partial charge on any atom is -0.475 e. The van der Waals surface area contributed by atoms with Crippen LogP contribution in [0, 0.1) is 0 Å². The van der Waals surface area contributed by atoms with Gasteiger partial charge in [-0.2, -0.15) is 5.10 Å². The summed E-state index contributed by atoms with van der Waals surface area (Å²) in [5.41, 5.74) is 3.36. The van der Waals surface area contributed by atoms with Gasteiger partial charge in [-0.3, -0.25) is 5.10 Å². The van der Waals surface area contributed by atoms with Crippen molar-refractivity contribution in [3.05, 3.63) is 36.5 Å². The van der Waals surface area contributed by atoms with E-state index in [9.17, 15) is 4.57 Å². The van der Waals surface area contributed by atoms with Crippen LogP contribution in [-0.4, -0.2) is 21.3 Å². The Morgan fingerprint density at radius 2 is 2.14 bits per heavy atom. The number of aromatic nitrogens is 3. The van der Waals surface area contributed by atoms with E-state index in [4.69, 9.17) is 4.74 Å². The zero-order valence-electron chi connectivity index (χ0n) is 12.2. The van der Waals surface area contributed by atoms with E-state index in [1.807, 2.05) is 44.2 Å². The highest BCUT2D eigenvalue weighted by molar-refractivity contribution is 7.25. The van der Waals surface area contributed by atoms with Crippen molar-refractivity contribution in [3.63, 3.8) is 0 Å². The Kier molecular flexibility index (Phi) is 4.02. The molecule has 0 atom stereocenters. The number of hydrogen-bond donors (Lipinski definition) is 2. The van der Waals surface area contributed by atoms with Gasteiger partial charge < -0.3 is 9.82 Å². The first-order valence-electron chi connectivity index (χ1n) is 6.87. The lowest BCUT2D eigenvalue weighted by Crippen LogP contribution is -2.06. The molecule has 2 heterocycles. The molecule has 22 heavy (non-hydrogen) atoms. The molecule has 0 bridgehead atoms. The van der Waals surface area contributed by atoms with Gasteiger partial charge in [-0.05, 0) is 38.1 Å². The van der Waals surface area contributed by atoms with Crippen LogP contribution < -0.4 is 9.82 Å². The van der Waals surface area contributed by atoms with Crippen molar-refractivity contribution in [2.75, 3.05) is 5.09 Å². The monoisotopic (exact) mass is 314 g/mol. The summed E-state index contributed by atoms with van der Waals surface area (Å²) in [7, 11) is -0.135. The van der Waals surface area contributed by atoms with Crippen molar-refractivity contribution in [2.24, 2.45) is 0 Å². The molecule has 0 unspecified atom stereocenters. The maximum Gasteiger partial charge on any atom is 0.279 e. The molecule has 3 rings (SSSR count). The normalized spacial score (nSPS) is 11.2. The standard InChI is InChI=1S/C15H15N4O2P/c1-9(2)21-14-6-3-10(8-16-14)15-12-7-11(19-22-20)4-5-13(12)17-18-15/h3-9H,1-2H3,(H,17,18)(H,19,20). The van der Waals surface area contributed by atoms with Gasteiger partial charge in [-0.1, -0.05) is 0 Å². The Morgan fingerprint density at radius 1 is 1.27 bits per heavy atom. The van der Waals surface area contributed by atoms with Crippen LogP contribution in [0.25, 0.3) is 22.2 Å². The Labute approximate surface area is 129 Å². The number of aromatic amines is 1. The van der Waals surface area contributed by atoms with Gasteiger partial charge >= 0.3 is 0 Å². The average molecular weight is 314 g/mol. The molecule has 3 aromatic rings. The third-order valence-corrected chi connectivity index (χ3v) is 3.45. The van der Waals surface area contributed by atoms with Crippen LogP contribution in [0.1, 0.15) is 13.8 Å². The van der Waals surface area contributed by atoms with Gasteiger partial charge in [-0.15, -0.1) is 0 Å². The van der Waals surface area contributed by atoms with Gasteiger partial charge in [0.25, 0.3) is 8.61 Å². The summed E-state index contributed by atoms with van der Waals surface area (Å²) in [6.07, 6.45) is 1.82. The van der Waals surface area contributed by atoms with Crippen molar-refractivity contribution < 1.29 is 9.30 Å². The second-order valence-electron chi connectivity index (χ2n) is 5.09. The lowest BCUT2D eigenvalue weighted by atomic mass is 10.1. The molecular formula is C15H15N4O2P. The topological polar surface area (TPSA) is 79.9 Å². The summed E-state index contributed by atoms with van der Waals surface area (Å²) < 4.78 is 16.2. The lowest BCUT2D eigenvalue weighted by molar-refractivity contribution is 0.232. The molecule has 0 saturated heterocycles. The van der Waals surface area contributed by atoms with Crippen molar-refractivity contribution in [1.29, 1.82) is 0 Å². The van der Waals surface area contributed by atoms with Crippen molar-refractivity contribution >= 4 is 25.2 Å².